The van der Waals surface area contributed by atoms with E-state index in [9.17, 15) is 9.59 Å². The van der Waals surface area contributed by atoms with Gasteiger partial charge in [-0.3, -0.25) is 9.59 Å². The van der Waals surface area contributed by atoms with Gasteiger partial charge in [-0.2, -0.15) is 0 Å². The molecule has 2 heterocycles. The Morgan fingerprint density at radius 2 is 2.13 bits per heavy atom. The minimum atomic E-state index is -0.144. The van der Waals surface area contributed by atoms with E-state index in [0.717, 1.165) is 32.2 Å². The largest absolute Gasteiger partial charge is 0.360 e. The number of carbonyl (C=O) groups excluding carboxylic acids is 2. The number of hydrogen-bond acceptors (Lipinski definition) is 4. The van der Waals surface area contributed by atoms with Crippen LogP contribution in [0.25, 0.3) is 0 Å². The zero-order valence-electron chi connectivity index (χ0n) is 14.4. The second-order valence-electron chi connectivity index (χ2n) is 6.46. The van der Waals surface area contributed by atoms with Crippen LogP contribution >= 0.6 is 0 Å². The fraction of sp³-hybridized carbons (Fsp3) is 0.706. The average molecular weight is 321 g/mol. The summed E-state index contributed by atoms with van der Waals surface area (Å²) >= 11 is 0. The van der Waals surface area contributed by atoms with Gasteiger partial charge in [0.05, 0.1) is 5.69 Å². The lowest BCUT2D eigenvalue weighted by Gasteiger charge is -2.20. The van der Waals surface area contributed by atoms with Crippen molar-refractivity contribution in [1.29, 1.82) is 0 Å². The lowest BCUT2D eigenvalue weighted by atomic mass is 10.0. The molecular formula is C17H27N3O3. The van der Waals surface area contributed by atoms with Crippen molar-refractivity contribution >= 4 is 11.8 Å². The van der Waals surface area contributed by atoms with Crippen molar-refractivity contribution in [2.75, 3.05) is 19.6 Å². The van der Waals surface area contributed by atoms with Crippen molar-refractivity contribution in [3.63, 3.8) is 0 Å². The topological polar surface area (TPSA) is 75.4 Å². The van der Waals surface area contributed by atoms with Gasteiger partial charge in [-0.25, -0.2) is 0 Å². The molecule has 1 aliphatic rings. The van der Waals surface area contributed by atoms with Crippen LogP contribution in [0.15, 0.2) is 4.52 Å². The predicted molar refractivity (Wildman–Crippen MR) is 87.3 cm³/mol. The number of carbonyl (C=O) groups is 2. The summed E-state index contributed by atoms with van der Waals surface area (Å²) in [5.41, 5.74) is 1.17. The fourth-order valence-corrected chi connectivity index (χ4v) is 2.89. The van der Waals surface area contributed by atoms with Gasteiger partial charge >= 0.3 is 0 Å². The van der Waals surface area contributed by atoms with Crippen molar-refractivity contribution in [3.05, 3.63) is 17.0 Å². The molecule has 2 rings (SSSR count). The van der Waals surface area contributed by atoms with Crippen molar-refractivity contribution in [2.24, 2.45) is 0 Å². The van der Waals surface area contributed by atoms with Crippen molar-refractivity contribution < 1.29 is 14.1 Å². The maximum absolute atomic E-state index is 12.3. The molecule has 1 aromatic heterocycles. The Labute approximate surface area is 137 Å². The summed E-state index contributed by atoms with van der Waals surface area (Å²) in [7, 11) is 0. The first kappa shape index (κ1) is 17.5. The summed E-state index contributed by atoms with van der Waals surface area (Å²) in [4.78, 5) is 26.2. The molecular weight excluding hydrogens is 294 g/mol. The molecule has 0 unspecified atom stereocenters. The summed E-state index contributed by atoms with van der Waals surface area (Å²) < 4.78 is 5.24. The molecule has 1 fully saturated rings. The van der Waals surface area contributed by atoms with E-state index in [1.807, 2.05) is 18.7 Å². The Morgan fingerprint density at radius 1 is 1.35 bits per heavy atom. The molecule has 0 atom stereocenters. The highest BCUT2D eigenvalue weighted by molar-refractivity contribution is 5.96. The van der Waals surface area contributed by atoms with E-state index in [1.54, 1.807) is 6.92 Å². The molecule has 1 N–H and O–H groups in total. The van der Waals surface area contributed by atoms with E-state index in [0.29, 0.717) is 36.5 Å². The summed E-state index contributed by atoms with van der Waals surface area (Å²) in [6.45, 7) is 7.82. The molecule has 6 heteroatoms. The quantitative estimate of drug-likeness (QED) is 0.817. The van der Waals surface area contributed by atoms with Crippen LogP contribution in [0, 0.1) is 6.92 Å². The van der Waals surface area contributed by atoms with Crippen LogP contribution in [-0.4, -0.2) is 41.5 Å². The summed E-state index contributed by atoms with van der Waals surface area (Å²) in [5.74, 6) is 0.842. The molecule has 1 aromatic rings. The first-order valence-electron chi connectivity index (χ1n) is 8.53. The zero-order chi connectivity index (χ0) is 16.8. The van der Waals surface area contributed by atoms with E-state index in [1.165, 1.54) is 0 Å². The number of aryl methyl sites for hydroxylation is 1. The first-order chi connectivity index (χ1) is 11.0. The molecule has 128 valence electrons. The molecule has 0 spiro atoms. The second kappa shape index (κ2) is 8.13. The number of nitrogens with one attached hydrogen (secondary N) is 1. The Kier molecular flexibility index (Phi) is 6.19. The highest BCUT2D eigenvalue weighted by atomic mass is 16.5. The lowest BCUT2D eigenvalue weighted by molar-refractivity contribution is -0.130. The number of aromatic nitrogens is 1. The van der Waals surface area contributed by atoms with Gasteiger partial charge < -0.3 is 14.7 Å². The van der Waals surface area contributed by atoms with Gasteiger partial charge in [-0.15, -0.1) is 0 Å². The van der Waals surface area contributed by atoms with Gasteiger partial charge in [-0.05, 0) is 26.2 Å². The Hall–Kier alpha value is -1.85. The third kappa shape index (κ3) is 4.56. The molecule has 0 bridgehead atoms. The SMILES string of the molecule is Cc1noc(C(C)C)c1C(=O)NCCCN1CCCCCC1=O. The number of likely N-dealkylation sites (tertiary alicyclic amines) is 1. The van der Waals surface area contributed by atoms with Crippen molar-refractivity contribution in [2.45, 2.75) is 58.8 Å². The van der Waals surface area contributed by atoms with Crippen LogP contribution in [0.3, 0.4) is 0 Å². The van der Waals surface area contributed by atoms with Gasteiger partial charge in [-0.1, -0.05) is 25.4 Å². The first-order valence-corrected chi connectivity index (χ1v) is 8.53. The maximum Gasteiger partial charge on any atom is 0.256 e. The van der Waals surface area contributed by atoms with Gasteiger partial charge in [0.25, 0.3) is 5.91 Å². The normalized spacial score (nSPS) is 15.8. The number of rotatable bonds is 6. The van der Waals surface area contributed by atoms with E-state index in [-0.39, 0.29) is 17.7 Å². The van der Waals surface area contributed by atoms with E-state index >= 15 is 0 Å². The van der Waals surface area contributed by atoms with Gasteiger partial charge in [0.2, 0.25) is 5.91 Å². The Morgan fingerprint density at radius 3 is 2.87 bits per heavy atom. The smallest absolute Gasteiger partial charge is 0.256 e. The van der Waals surface area contributed by atoms with Crippen LogP contribution in [0.4, 0.5) is 0 Å². The standard InChI is InChI=1S/C17H27N3O3/c1-12(2)16-15(13(3)19-23-16)17(22)18-9-7-11-20-10-6-4-5-8-14(20)21/h12H,4-11H2,1-3H3,(H,18,22). The monoisotopic (exact) mass is 321 g/mol. The Bertz CT molecular complexity index is 551. The zero-order valence-corrected chi connectivity index (χ0v) is 14.4. The molecule has 1 aliphatic heterocycles. The minimum absolute atomic E-state index is 0.117. The summed E-state index contributed by atoms with van der Waals surface area (Å²) in [6, 6.07) is 0. The third-order valence-electron chi connectivity index (χ3n) is 4.20. The molecule has 0 saturated carbocycles. The Balaban J connectivity index is 1.81. The van der Waals surface area contributed by atoms with Gasteiger partial charge in [0.1, 0.15) is 5.56 Å². The third-order valence-corrected chi connectivity index (χ3v) is 4.20. The van der Waals surface area contributed by atoms with E-state index < -0.39 is 0 Å². The van der Waals surface area contributed by atoms with Crippen molar-refractivity contribution in [3.8, 4) is 0 Å². The molecule has 0 radical (unpaired) electrons. The van der Waals surface area contributed by atoms with Crippen LogP contribution in [-0.2, 0) is 4.79 Å². The molecule has 0 aliphatic carbocycles. The predicted octanol–water partition coefficient (Wildman–Crippen LogP) is 2.63. The van der Waals surface area contributed by atoms with Crippen LogP contribution in [0.5, 0.6) is 0 Å². The number of nitrogens with zero attached hydrogens (tertiary/aromatic N) is 2. The van der Waals surface area contributed by atoms with Crippen LogP contribution in [0.2, 0.25) is 0 Å². The molecule has 2 amide bonds. The van der Waals surface area contributed by atoms with Crippen molar-refractivity contribution in [1.82, 2.24) is 15.4 Å². The van der Waals surface area contributed by atoms with E-state index in [2.05, 4.69) is 10.5 Å². The highest BCUT2D eigenvalue weighted by Gasteiger charge is 2.22. The van der Waals surface area contributed by atoms with Gasteiger partial charge in [0.15, 0.2) is 5.76 Å². The van der Waals surface area contributed by atoms with Crippen LogP contribution in [0.1, 0.15) is 73.7 Å². The minimum Gasteiger partial charge on any atom is -0.360 e. The molecule has 0 aromatic carbocycles. The lowest BCUT2D eigenvalue weighted by Crippen LogP contribution is -2.34. The summed E-state index contributed by atoms with van der Waals surface area (Å²) in [5, 5.41) is 6.81. The molecule has 6 nitrogen and oxygen atoms in total. The maximum atomic E-state index is 12.3. The summed E-state index contributed by atoms with van der Waals surface area (Å²) in [6.07, 6.45) is 4.62. The molecule has 23 heavy (non-hydrogen) atoms. The highest BCUT2D eigenvalue weighted by Crippen LogP contribution is 2.22. The number of hydrogen-bond donors (Lipinski definition) is 1. The average Bonchev–Trinajstić information content (AvgIpc) is 2.78. The van der Waals surface area contributed by atoms with E-state index in [4.69, 9.17) is 4.52 Å². The second-order valence-corrected chi connectivity index (χ2v) is 6.46. The van der Waals surface area contributed by atoms with Gasteiger partial charge in [0, 0.05) is 32.0 Å². The van der Waals surface area contributed by atoms with Crippen LogP contribution < -0.4 is 5.32 Å². The molecule has 1 saturated heterocycles. The number of amides is 2. The fourth-order valence-electron chi connectivity index (χ4n) is 2.89.